The van der Waals surface area contributed by atoms with Gasteiger partial charge in [0.2, 0.25) is 5.91 Å². The molecule has 1 heterocycles. The number of carboxylic acid groups (broad SMARTS) is 1. The first-order chi connectivity index (χ1) is 5.52. The SMILES string of the molecule is O=C1NC(=O)C(Br)C(C(=O)O)N1. The van der Waals surface area contributed by atoms with Gasteiger partial charge >= 0.3 is 12.0 Å². The summed E-state index contributed by atoms with van der Waals surface area (Å²) < 4.78 is 0. The summed E-state index contributed by atoms with van der Waals surface area (Å²) in [5.41, 5.74) is 0. The summed E-state index contributed by atoms with van der Waals surface area (Å²) in [6.07, 6.45) is 0. The van der Waals surface area contributed by atoms with Gasteiger partial charge < -0.3 is 10.4 Å². The Bertz CT molecular complexity index is 254. The zero-order valence-corrected chi connectivity index (χ0v) is 7.29. The number of amides is 3. The van der Waals surface area contributed by atoms with Crippen molar-refractivity contribution in [2.75, 3.05) is 0 Å². The Morgan fingerprint density at radius 2 is 2.08 bits per heavy atom. The van der Waals surface area contributed by atoms with E-state index in [9.17, 15) is 14.4 Å². The standard InChI is InChI=1S/C5H5BrN2O4/c6-1-2(4(10)11)7-5(12)8-3(1)9/h1-2H,(H,10,11)(H2,7,8,9,12). The number of nitrogens with one attached hydrogen (secondary N) is 2. The van der Waals surface area contributed by atoms with Crippen LogP contribution in [0.5, 0.6) is 0 Å². The van der Waals surface area contributed by atoms with Crippen LogP contribution in [-0.4, -0.2) is 33.9 Å². The Morgan fingerprint density at radius 1 is 1.50 bits per heavy atom. The molecule has 66 valence electrons. The molecule has 2 unspecified atom stereocenters. The summed E-state index contributed by atoms with van der Waals surface area (Å²) in [7, 11) is 0. The number of hydrogen-bond donors (Lipinski definition) is 3. The number of imide groups is 1. The highest BCUT2D eigenvalue weighted by atomic mass is 79.9. The molecule has 0 aromatic carbocycles. The molecule has 0 aliphatic carbocycles. The number of alkyl halides is 1. The molecule has 1 fully saturated rings. The average Bonchev–Trinajstić information content (AvgIpc) is 1.96. The van der Waals surface area contributed by atoms with E-state index in [2.05, 4.69) is 21.2 Å². The van der Waals surface area contributed by atoms with Crippen LogP contribution >= 0.6 is 15.9 Å². The van der Waals surface area contributed by atoms with Crippen molar-refractivity contribution in [3.63, 3.8) is 0 Å². The molecule has 0 saturated carbocycles. The lowest BCUT2D eigenvalue weighted by Gasteiger charge is -2.24. The van der Waals surface area contributed by atoms with Crippen molar-refractivity contribution in [2.24, 2.45) is 0 Å². The molecule has 7 heteroatoms. The number of carboxylic acids is 1. The highest BCUT2D eigenvalue weighted by Gasteiger charge is 2.37. The van der Waals surface area contributed by atoms with Crippen molar-refractivity contribution in [1.82, 2.24) is 10.6 Å². The number of carbonyl (C=O) groups excluding carboxylic acids is 2. The molecule has 6 nitrogen and oxygen atoms in total. The number of carbonyl (C=O) groups is 3. The Hall–Kier alpha value is -1.11. The van der Waals surface area contributed by atoms with E-state index in [4.69, 9.17) is 5.11 Å². The Labute approximate surface area is 75.4 Å². The van der Waals surface area contributed by atoms with Crippen LogP contribution in [0, 0.1) is 0 Å². The summed E-state index contributed by atoms with van der Waals surface area (Å²) in [5, 5.41) is 12.5. The van der Waals surface area contributed by atoms with Crippen LogP contribution in [0.4, 0.5) is 4.79 Å². The fraction of sp³-hybridized carbons (Fsp3) is 0.400. The summed E-state index contributed by atoms with van der Waals surface area (Å²) >= 11 is 2.84. The molecule has 1 rings (SSSR count). The first kappa shape index (κ1) is 8.98. The molecule has 12 heavy (non-hydrogen) atoms. The molecule has 0 spiro atoms. The third kappa shape index (κ3) is 1.55. The normalized spacial score (nSPS) is 29.1. The van der Waals surface area contributed by atoms with Gasteiger partial charge in [-0.15, -0.1) is 0 Å². The Kier molecular flexibility index (Phi) is 2.32. The van der Waals surface area contributed by atoms with Gasteiger partial charge in [0, 0.05) is 0 Å². The number of halogens is 1. The molecule has 2 atom stereocenters. The van der Waals surface area contributed by atoms with Crippen LogP contribution in [0.3, 0.4) is 0 Å². The quantitative estimate of drug-likeness (QED) is 0.512. The minimum absolute atomic E-state index is 0.647. The molecule has 0 aromatic heterocycles. The van der Waals surface area contributed by atoms with E-state index < -0.39 is 28.8 Å². The lowest BCUT2D eigenvalue weighted by molar-refractivity contribution is -0.141. The lowest BCUT2D eigenvalue weighted by atomic mass is 10.2. The Balaban J connectivity index is 2.79. The van der Waals surface area contributed by atoms with Crippen molar-refractivity contribution in [2.45, 2.75) is 10.9 Å². The second kappa shape index (κ2) is 3.10. The number of urea groups is 1. The van der Waals surface area contributed by atoms with Crippen LogP contribution in [0.1, 0.15) is 0 Å². The van der Waals surface area contributed by atoms with Gasteiger partial charge in [0.25, 0.3) is 0 Å². The first-order valence-corrected chi connectivity index (χ1v) is 3.92. The summed E-state index contributed by atoms with van der Waals surface area (Å²) in [5.74, 6) is -1.90. The van der Waals surface area contributed by atoms with Crippen molar-refractivity contribution >= 4 is 33.8 Å². The topological polar surface area (TPSA) is 95.5 Å². The van der Waals surface area contributed by atoms with Crippen LogP contribution in [0.15, 0.2) is 0 Å². The van der Waals surface area contributed by atoms with Crippen molar-refractivity contribution in [3.05, 3.63) is 0 Å². The smallest absolute Gasteiger partial charge is 0.327 e. The molecule has 3 N–H and O–H groups in total. The molecule has 3 amide bonds. The molecular formula is C5H5BrN2O4. The van der Waals surface area contributed by atoms with E-state index in [0.29, 0.717) is 0 Å². The number of aliphatic carboxylic acids is 1. The van der Waals surface area contributed by atoms with Crippen LogP contribution in [-0.2, 0) is 9.59 Å². The van der Waals surface area contributed by atoms with Gasteiger partial charge in [0.05, 0.1) is 0 Å². The highest BCUT2D eigenvalue weighted by Crippen LogP contribution is 2.09. The van der Waals surface area contributed by atoms with Gasteiger partial charge in [0.1, 0.15) is 10.9 Å². The number of rotatable bonds is 1. The molecule has 0 radical (unpaired) electrons. The maximum absolute atomic E-state index is 10.8. The third-order valence-electron chi connectivity index (χ3n) is 1.33. The van der Waals surface area contributed by atoms with Crippen LogP contribution < -0.4 is 10.6 Å². The monoisotopic (exact) mass is 236 g/mol. The van der Waals surface area contributed by atoms with Gasteiger partial charge in [-0.3, -0.25) is 10.1 Å². The van der Waals surface area contributed by atoms with E-state index in [1.54, 1.807) is 0 Å². The van der Waals surface area contributed by atoms with Crippen molar-refractivity contribution < 1.29 is 19.5 Å². The van der Waals surface area contributed by atoms with Gasteiger partial charge in [-0.05, 0) is 0 Å². The second-order valence-electron chi connectivity index (χ2n) is 2.18. The van der Waals surface area contributed by atoms with Gasteiger partial charge in [-0.25, -0.2) is 9.59 Å². The minimum Gasteiger partial charge on any atom is -0.480 e. The zero-order valence-electron chi connectivity index (χ0n) is 5.70. The fourth-order valence-corrected chi connectivity index (χ4v) is 1.24. The summed E-state index contributed by atoms with van der Waals surface area (Å²) in [6, 6.07) is -1.99. The van der Waals surface area contributed by atoms with Gasteiger partial charge in [-0.1, -0.05) is 15.9 Å². The molecular weight excluding hydrogens is 232 g/mol. The van der Waals surface area contributed by atoms with Crippen LogP contribution in [0.2, 0.25) is 0 Å². The van der Waals surface area contributed by atoms with Crippen LogP contribution in [0.25, 0.3) is 0 Å². The van der Waals surface area contributed by atoms with E-state index in [1.165, 1.54) is 0 Å². The van der Waals surface area contributed by atoms with Crippen molar-refractivity contribution in [1.29, 1.82) is 0 Å². The third-order valence-corrected chi connectivity index (χ3v) is 2.28. The van der Waals surface area contributed by atoms with Crippen molar-refractivity contribution in [3.8, 4) is 0 Å². The van der Waals surface area contributed by atoms with E-state index in [1.807, 2.05) is 5.32 Å². The zero-order chi connectivity index (χ0) is 9.30. The summed E-state index contributed by atoms with van der Waals surface area (Å²) in [6.45, 7) is 0. The lowest BCUT2D eigenvalue weighted by Crippen LogP contribution is -2.61. The fourth-order valence-electron chi connectivity index (χ4n) is 0.770. The molecule has 0 aromatic rings. The highest BCUT2D eigenvalue weighted by molar-refractivity contribution is 9.10. The number of hydrogen-bond acceptors (Lipinski definition) is 3. The molecule has 1 aliphatic rings. The van der Waals surface area contributed by atoms with E-state index in [-0.39, 0.29) is 0 Å². The van der Waals surface area contributed by atoms with Gasteiger partial charge in [0.15, 0.2) is 0 Å². The first-order valence-electron chi connectivity index (χ1n) is 3.00. The average molecular weight is 237 g/mol. The van der Waals surface area contributed by atoms with E-state index >= 15 is 0 Å². The van der Waals surface area contributed by atoms with E-state index in [0.717, 1.165) is 0 Å². The second-order valence-corrected chi connectivity index (χ2v) is 3.17. The predicted molar refractivity (Wildman–Crippen MR) is 40.8 cm³/mol. The Morgan fingerprint density at radius 3 is 2.58 bits per heavy atom. The molecule has 1 saturated heterocycles. The maximum atomic E-state index is 10.8. The summed E-state index contributed by atoms with van der Waals surface area (Å²) in [4.78, 5) is 31.0. The minimum atomic E-state index is -1.25. The molecule has 1 aliphatic heterocycles. The van der Waals surface area contributed by atoms with Gasteiger partial charge in [-0.2, -0.15) is 0 Å². The predicted octanol–water partition coefficient (Wildman–Crippen LogP) is -0.958. The molecule has 0 bridgehead atoms. The maximum Gasteiger partial charge on any atom is 0.327 e. The largest absolute Gasteiger partial charge is 0.480 e.